The molecule has 0 aliphatic rings. The third-order valence-electron chi connectivity index (χ3n) is 2.52. The van der Waals surface area contributed by atoms with E-state index in [1.54, 1.807) is 7.11 Å². The van der Waals surface area contributed by atoms with E-state index in [4.69, 9.17) is 15.2 Å². The molecule has 0 saturated heterocycles. The molecule has 17 heavy (non-hydrogen) atoms. The number of methoxy groups -OCH3 is 1. The molecule has 1 aromatic rings. The third kappa shape index (κ3) is 4.15. The van der Waals surface area contributed by atoms with E-state index in [1.807, 2.05) is 25.1 Å². The van der Waals surface area contributed by atoms with Gasteiger partial charge in [-0.15, -0.1) is 0 Å². The molecular weight excluding hydrogens is 216 g/mol. The van der Waals surface area contributed by atoms with Crippen LogP contribution >= 0.6 is 0 Å². The number of para-hydroxylation sites is 1. The smallest absolute Gasteiger partial charge is 0.144 e. The minimum atomic E-state index is 0.314. The Balaban J connectivity index is 2.67. The van der Waals surface area contributed by atoms with Crippen LogP contribution in [0.5, 0.6) is 5.75 Å². The molecule has 0 aliphatic heterocycles. The normalized spacial score (nSPS) is 12.2. The van der Waals surface area contributed by atoms with Crippen molar-refractivity contribution < 1.29 is 9.47 Å². The monoisotopic (exact) mass is 238 g/mol. The first-order valence-electron chi connectivity index (χ1n) is 5.95. The molecule has 0 heterocycles. The second-order valence-electron chi connectivity index (χ2n) is 3.98. The number of hydrogen-bond acceptors (Lipinski definition) is 4. The molecule has 1 aromatic carbocycles. The Bertz CT molecular complexity index is 342. The first kappa shape index (κ1) is 13.6. The molecule has 1 atom stereocenters. The van der Waals surface area contributed by atoms with Crippen molar-refractivity contribution in [3.8, 4) is 5.75 Å². The lowest BCUT2D eigenvalue weighted by atomic mass is 10.2. The number of nitrogen functional groups attached to an aromatic ring is 1. The van der Waals surface area contributed by atoms with E-state index in [-0.39, 0.29) is 0 Å². The Morgan fingerprint density at radius 3 is 2.82 bits per heavy atom. The van der Waals surface area contributed by atoms with Crippen molar-refractivity contribution in [2.24, 2.45) is 0 Å². The van der Waals surface area contributed by atoms with Gasteiger partial charge in [0.25, 0.3) is 0 Å². The van der Waals surface area contributed by atoms with E-state index in [2.05, 4.69) is 12.2 Å². The molecule has 0 aliphatic carbocycles. The van der Waals surface area contributed by atoms with Gasteiger partial charge in [0.05, 0.1) is 18.0 Å². The number of rotatable bonds is 7. The molecule has 0 amide bonds. The zero-order chi connectivity index (χ0) is 12.7. The summed E-state index contributed by atoms with van der Waals surface area (Å²) in [4.78, 5) is 0. The van der Waals surface area contributed by atoms with Gasteiger partial charge in [-0.1, -0.05) is 6.07 Å². The summed E-state index contributed by atoms with van der Waals surface area (Å²) in [5.41, 5.74) is 7.61. The molecule has 4 nitrogen and oxygen atoms in total. The third-order valence-corrected chi connectivity index (χ3v) is 2.52. The standard InChI is InChI=1S/C13H22N2O2/c1-4-17-12-7-5-6-11(13(12)14)15-10(2)8-9-16-3/h5-7,10,15H,4,8-9,14H2,1-3H3. The molecule has 0 fully saturated rings. The number of nitrogens with two attached hydrogens (primary N) is 1. The average molecular weight is 238 g/mol. The van der Waals surface area contributed by atoms with E-state index in [9.17, 15) is 0 Å². The molecule has 3 N–H and O–H groups in total. The van der Waals surface area contributed by atoms with E-state index < -0.39 is 0 Å². The quantitative estimate of drug-likeness (QED) is 0.717. The van der Waals surface area contributed by atoms with Crippen molar-refractivity contribution >= 4 is 11.4 Å². The average Bonchev–Trinajstić information content (AvgIpc) is 2.32. The Labute approximate surface area is 103 Å². The molecular formula is C13H22N2O2. The molecule has 0 bridgehead atoms. The van der Waals surface area contributed by atoms with Crippen LogP contribution < -0.4 is 15.8 Å². The van der Waals surface area contributed by atoms with Crippen molar-refractivity contribution in [1.82, 2.24) is 0 Å². The summed E-state index contributed by atoms with van der Waals surface area (Å²) in [6.07, 6.45) is 0.939. The number of ether oxygens (including phenoxy) is 2. The highest BCUT2D eigenvalue weighted by Gasteiger charge is 2.08. The van der Waals surface area contributed by atoms with Gasteiger partial charge in [-0.3, -0.25) is 0 Å². The van der Waals surface area contributed by atoms with Crippen molar-refractivity contribution in [3.05, 3.63) is 18.2 Å². The fourth-order valence-corrected chi connectivity index (χ4v) is 1.58. The molecule has 4 heteroatoms. The zero-order valence-corrected chi connectivity index (χ0v) is 10.8. The Kier molecular flexibility index (Phi) is 5.63. The number of anilines is 2. The zero-order valence-electron chi connectivity index (χ0n) is 10.8. The summed E-state index contributed by atoms with van der Waals surface area (Å²) in [6.45, 7) is 5.40. The predicted octanol–water partition coefficient (Wildman–Crippen LogP) is 2.50. The highest BCUT2D eigenvalue weighted by Crippen LogP contribution is 2.29. The molecule has 1 unspecified atom stereocenters. The Morgan fingerprint density at radius 2 is 2.18 bits per heavy atom. The van der Waals surface area contributed by atoms with Crippen molar-refractivity contribution in [2.75, 3.05) is 31.4 Å². The van der Waals surface area contributed by atoms with Crippen LogP contribution in [-0.4, -0.2) is 26.4 Å². The van der Waals surface area contributed by atoms with E-state index in [1.165, 1.54) is 0 Å². The maximum atomic E-state index is 6.03. The van der Waals surface area contributed by atoms with E-state index in [0.29, 0.717) is 18.3 Å². The highest BCUT2D eigenvalue weighted by molar-refractivity contribution is 5.73. The van der Waals surface area contributed by atoms with E-state index >= 15 is 0 Å². The van der Waals surface area contributed by atoms with Gasteiger partial charge in [-0.05, 0) is 32.4 Å². The number of benzene rings is 1. The fraction of sp³-hybridized carbons (Fsp3) is 0.538. The second kappa shape index (κ2) is 7.01. The van der Waals surface area contributed by atoms with Gasteiger partial charge in [0, 0.05) is 19.8 Å². The summed E-state index contributed by atoms with van der Waals surface area (Å²) < 4.78 is 10.5. The van der Waals surface area contributed by atoms with Crippen molar-refractivity contribution in [3.63, 3.8) is 0 Å². The largest absolute Gasteiger partial charge is 0.492 e. The van der Waals surface area contributed by atoms with Crippen LogP contribution in [0.25, 0.3) is 0 Å². The Morgan fingerprint density at radius 1 is 1.41 bits per heavy atom. The van der Waals surface area contributed by atoms with Crippen molar-refractivity contribution in [2.45, 2.75) is 26.3 Å². The summed E-state index contributed by atoms with van der Waals surface area (Å²) in [7, 11) is 1.71. The van der Waals surface area contributed by atoms with Gasteiger partial charge in [0.2, 0.25) is 0 Å². The molecule has 0 radical (unpaired) electrons. The maximum absolute atomic E-state index is 6.03. The van der Waals surface area contributed by atoms with Crippen LogP contribution in [0.4, 0.5) is 11.4 Å². The van der Waals surface area contributed by atoms with Crippen LogP contribution in [0.2, 0.25) is 0 Å². The number of nitrogens with one attached hydrogen (secondary N) is 1. The maximum Gasteiger partial charge on any atom is 0.144 e. The molecule has 0 spiro atoms. The highest BCUT2D eigenvalue weighted by atomic mass is 16.5. The van der Waals surface area contributed by atoms with Gasteiger partial charge >= 0.3 is 0 Å². The van der Waals surface area contributed by atoms with Crippen LogP contribution in [0, 0.1) is 0 Å². The minimum Gasteiger partial charge on any atom is -0.492 e. The van der Waals surface area contributed by atoms with Gasteiger partial charge in [-0.2, -0.15) is 0 Å². The summed E-state index contributed by atoms with van der Waals surface area (Å²) in [5, 5.41) is 3.36. The summed E-state index contributed by atoms with van der Waals surface area (Å²) in [5.74, 6) is 0.733. The molecule has 0 aromatic heterocycles. The summed E-state index contributed by atoms with van der Waals surface area (Å²) >= 11 is 0. The number of hydrogen-bond donors (Lipinski definition) is 2. The van der Waals surface area contributed by atoms with Crippen LogP contribution in [0.1, 0.15) is 20.3 Å². The van der Waals surface area contributed by atoms with Gasteiger partial charge in [-0.25, -0.2) is 0 Å². The van der Waals surface area contributed by atoms with E-state index in [0.717, 1.165) is 24.5 Å². The van der Waals surface area contributed by atoms with Gasteiger partial charge in [0.15, 0.2) is 0 Å². The first-order chi connectivity index (χ1) is 8.19. The SMILES string of the molecule is CCOc1cccc(NC(C)CCOC)c1N. The topological polar surface area (TPSA) is 56.5 Å². The van der Waals surface area contributed by atoms with Gasteiger partial charge in [0.1, 0.15) is 5.75 Å². The van der Waals surface area contributed by atoms with Crippen LogP contribution in [0.3, 0.4) is 0 Å². The Hall–Kier alpha value is -1.42. The molecule has 96 valence electrons. The van der Waals surface area contributed by atoms with Gasteiger partial charge < -0.3 is 20.5 Å². The molecule has 0 saturated carbocycles. The molecule has 1 rings (SSSR count). The summed E-state index contributed by atoms with van der Waals surface area (Å²) in [6, 6.07) is 6.09. The first-order valence-corrected chi connectivity index (χ1v) is 5.95. The van der Waals surface area contributed by atoms with Crippen LogP contribution in [-0.2, 0) is 4.74 Å². The predicted molar refractivity (Wildman–Crippen MR) is 71.6 cm³/mol. The lowest BCUT2D eigenvalue weighted by Gasteiger charge is -2.18. The fourth-order valence-electron chi connectivity index (χ4n) is 1.58. The van der Waals surface area contributed by atoms with Crippen LogP contribution in [0.15, 0.2) is 18.2 Å². The second-order valence-corrected chi connectivity index (χ2v) is 3.98. The lowest BCUT2D eigenvalue weighted by molar-refractivity contribution is 0.191. The lowest BCUT2D eigenvalue weighted by Crippen LogP contribution is -2.18. The minimum absolute atomic E-state index is 0.314. The van der Waals surface area contributed by atoms with Crippen molar-refractivity contribution in [1.29, 1.82) is 0 Å².